The number of ether oxygens (including phenoxy) is 1. The zero-order chi connectivity index (χ0) is 13.9. The lowest BCUT2D eigenvalue weighted by molar-refractivity contribution is 0.0683. The average Bonchev–Trinajstić information content (AvgIpc) is 3.01. The third kappa shape index (κ3) is 2.98. The van der Waals surface area contributed by atoms with Gasteiger partial charge in [-0.3, -0.25) is 0 Å². The Morgan fingerprint density at radius 2 is 2.35 bits per heavy atom. The molecule has 3 rings (SSSR count). The van der Waals surface area contributed by atoms with Gasteiger partial charge in [-0.05, 0) is 37.1 Å². The van der Waals surface area contributed by atoms with E-state index in [0.717, 1.165) is 18.0 Å². The van der Waals surface area contributed by atoms with Crippen LogP contribution in [0.5, 0.6) is 0 Å². The van der Waals surface area contributed by atoms with Crippen molar-refractivity contribution < 1.29 is 9.26 Å². The first kappa shape index (κ1) is 13.5. The molecule has 2 aromatic heterocycles. The maximum Gasteiger partial charge on any atom is 0.237 e. The summed E-state index contributed by atoms with van der Waals surface area (Å²) < 4.78 is 12.5. The van der Waals surface area contributed by atoms with E-state index in [-0.39, 0.29) is 6.10 Å². The highest BCUT2D eigenvalue weighted by Crippen LogP contribution is 2.36. The highest BCUT2D eigenvalue weighted by atomic mass is 32.2. The Labute approximate surface area is 120 Å². The molecule has 1 aliphatic rings. The van der Waals surface area contributed by atoms with Crippen LogP contribution >= 0.6 is 11.8 Å². The van der Waals surface area contributed by atoms with Crippen LogP contribution < -0.4 is 0 Å². The molecule has 1 saturated carbocycles. The molecule has 8 nitrogen and oxygen atoms in total. The molecular weight excluding hydrogens is 280 g/mol. The van der Waals surface area contributed by atoms with Gasteiger partial charge < -0.3 is 9.26 Å². The predicted molar refractivity (Wildman–Crippen MR) is 70.0 cm³/mol. The van der Waals surface area contributed by atoms with Crippen molar-refractivity contribution in [3.8, 4) is 0 Å². The van der Waals surface area contributed by atoms with Crippen molar-refractivity contribution in [1.82, 2.24) is 30.3 Å². The van der Waals surface area contributed by atoms with Gasteiger partial charge in [-0.2, -0.15) is 4.98 Å². The Hall–Kier alpha value is -1.48. The molecule has 2 heterocycles. The summed E-state index contributed by atoms with van der Waals surface area (Å²) in [5, 5.41) is 16.4. The van der Waals surface area contributed by atoms with Gasteiger partial charge in [0.05, 0.1) is 11.8 Å². The molecule has 108 valence electrons. The molecule has 0 N–H and O–H groups in total. The fraction of sp³-hybridized carbons (Fsp3) is 0.727. The van der Waals surface area contributed by atoms with Crippen LogP contribution in [0.4, 0.5) is 0 Å². The van der Waals surface area contributed by atoms with Crippen LogP contribution in [0.3, 0.4) is 0 Å². The Balaban J connectivity index is 1.59. The number of tetrazole rings is 1. The summed E-state index contributed by atoms with van der Waals surface area (Å²) in [6, 6.07) is 0.462. The van der Waals surface area contributed by atoms with E-state index >= 15 is 0 Å². The van der Waals surface area contributed by atoms with Crippen molar-refractivity contribution in [1.29, 1.82) is 0 Å². The maximum atomic E-state index is 5.42. The van der Waals surface area contributed by atoms with Crippen molar-refractivity contribution in [3.63, 3.8) is 0 Å². The van der Waals surface area contributed by atoms with Crippen LogP contribution in [-0.4, -0.2) is 37.0 Å². The van der Waals surface area contributed by atoms with Gasteiger partial charge in [0.15, 0.2) is 5.82 Å². The number of aromatic nitrogens is 6. The Morgan fingerprint density at radius 3 is 3.10 bits per heavy atom. The molecule has 1 fully saturated rings. The van der Waals surface area contributed by atoms with Crippen LogP contribution in [-0.2, 0) is 10.5 Å². The van der Waals surface area contributed by atoms with E-state index < -0.39 is 0 Å². The summed E-state index contributed by atoms with van der Waals surface area (Å²) in [5.74, 6) is 1.69. The van der Waals surface area contributed by atoms with Gasteiger partial charge in [0.25, 0.3) is 0 Å². The van der Waals surface area contributed by atoms with Crippen LogP contribution in [0.15, 0.2) is 9.68 Å². The minimum atomic E-state index is -0.153. The van der Waals surface area contributed by atoms with Crippen molar-refractivity contribution in [2.75, 3.05) is 6.61 Å². The van der Waals surface area contributed by atoms with E-state index in [0.29, 0.717) is 30.1 Å². The monoisotopic (exact) mass is 296 g/mol. The van der Waals surface area contributed by atoms with E-state index in [9.17, 15) is 0 Å². The van der Waals surface area contributed by atoms with Crippen LogP contribution in [0.1, 0.15) is 50.6 Å². The highest BCUT2D eigenvalue weighted by Gasteiger charge is 2.28. The fourth-order valence-corrected chi connectivity index (χ4v) is 2.55. The van der Waals surface area contributed by atoms with Gasteiger partial charge in [0, 0.05) is 6.61 Å². The number of hydrogen-bond donors (Lipinski definition) is 0. The lowest BCUT2D eigenvalue weighted by atomic mass is 10.4. The van der Waals surface area contributed by atoms with Crippen LogP contribution in [0.2, 0.25) is 0 Å². The van der Waals surface area contributed by atoms with Crippen molar-refractivity contribution in [2.24, 2.45) is 0 Å². The Morgan fingerprint density at radius 1 is 1.50 bits per heavy atom. The van der Waals surface area contributed by atoms with E-state index in [1.807, 2.05) is 18.5 Å². The number of rotatable bonds is 7. The van der Waals surface area contributed by atoms with E-state index in [1.165, 1.54) is 11.8 Å². The summed E-state index contributed by atoms with van der Waals surface area (Å²) >= 11 is 1.50. The van der Waals surface area contributed by atoms with Crippen LogP contribution in [0, 0.1) is 0 Å². The summed E-state index contributed by atoms with van der Waals surface area (Å²) in [4.78, 5) is 4.32. The summed E-state index contributed by atoms with van der Waals surface area (Å²) in [5.41, 5.74) is 0. The van der Waals surface area contributed by atoms with Gasteiger partial charge in [-0.1, -0.05) is 16.9 Å². The zero-order valence-corrected chi connectivity index (χ0v) is 12.2. The summed E-state index contributed by atoms with van der Waals surface area (Å²) in [6.07, 6.45) is 2.14. The molecule has 1 aliphatic carbocycles. The second-order valence-corrected chi connectivity index (χ2v) is 5.51. The molecular formula is C11H16N6O2S. The third-order valence-electron chi connectivity index (χ3n) is 2.94. The summed E-state index contributed by atoms with van der Waals surface area (Å²) in [7, 11) is 0. The number of nitrogens with zero attached hydrogens (tertiary/aromatic N) is 6. The smallest absolute Gasteiger partial charge is 0.237 e. The molecule has 20 heavy (non-hydrogen) atoms. The topological polar surface area (TPSA) is 91.8 Å². The average molecular weight is 296 g/mol. The van der Waals surface area contributed by atoms with Gasteiger partial charge >= 0.3 is 0 Å². The van der Waals surface area contributed by atoms with Gasteiger partial charge in [0.2, 0.25) is 11.0 Å². The second kappa shape index (κ2) is 5.88. The zero-order valence-electron chi connectivity index (χ0n) is 11.4. The molecule has 9 heteroatoms. The van der Waals surface area contributed by atoms with Crippen molar-refractivity contribution in [2.45, 2.75) is 49.7 Å². The first-order chi connectivity index (χ1) is 9.78. The molecule has 0 amide bonds. The highest BCUT2D eigenvalue weighted by molar-refractivity contribution is 7.98. The van der Waals surface area contributed by atoms with Gasteiger partial charge in [-0.15, -0.1) is 5.10 Å². The normalized spacial score (nSPS) is 16.5. The molecule has 0 aliphatic heterocycles. The first-order valence-corrected chi connectivity index (χ1v) is 7.61. The lowest BCUT2D eigenvalue weighted by Gasteiger charge is -2.04. The maximum absolute atomic E-state index is 5.42. The molecule has 1 atom stereocenters. The van der Waals surface area contributed by atoms with E-state index in [1.54, 1.807) is 0 Å². The molecule has 1 unspecified atom stereocenters. The van der Waals surface area contributed by atoms with E-state index in [2.05, 4.69) is 25.7 Å². The van der Waals surface area contributed by atoms with Gasteiger partial charge in [-0.25, -0.2) is 4.68 Å². The van der Waals surface area contributed by atoms with Gasteiger partial charge in [0.1, 0.15) is 6.10 Å². The number of thioether (sulfide) groups is 1. The second-order valence-electron chi connectivity index (χ2n) is 4.57. The predicted octanol–water partition coefficient (Wildman–Crippen LogP) is 1.78. The minimum Gasteiger partial charge on any atom is -0.371 e. The summed E-state index contributed by atoms with van der Waals surface area (Å²) in [6.45, 7) is 4.46. The van der Waals surface area contributed by atoms with Crippen molar-refractivity contribution in [3.05, 3.63) is 11.7 Å². The molecule has 0 aromatic carbocycles. The van der Waals surface area contributed by atoms with Crippen molar-refractivity contribution >= 4 is 11.8 Å². The molecule has 0 bridgehead atoms. The fourth-order valence-electron chi connectivity index (χ4n) is 1.77. The lowest BCUT2D eigenvalue weighted by Crippen LogP contribution is -2.01. The molecule has 0 spiro atoms. The molecule has 0 radical (unpaired) electrons. The molecule has 2 aromatic rings. The van der Waals surface area contributed by atoms with E-state index in [4.69, 9.17) is 9.26 Å². The Kier molecular flexibility index (Phi) is 3.97. The first-order valence-electron chi connectivity index (χ1n) is 6.62. The number of hydrogen-bond acceptors (Lipinski definition) is 8. The third-order valence-corrected chi connectivity index (χ3v) is 3.86. The standard InChI is InChI=1S/C11H16N6O2S/c1-3-18-7(2)10-12-9(19-14-10)6-20-11-13-15-16-17(11)8-4-5-8/h7-8H,3-6H2,1-2H3. The SMILES string of the molecule is CCOC(C)c1noc(CSc2nnnn2C2CC2)n1. The minimum absolute atomic E-state index is 0.153. The van der Waals surface area contributed by atoms with Crippen LogP contribution in [0.25, 0.3) is 0 Å². The Bertz CT molecular complexity index is 567. The molecule has 0 saturated heterocycles. The largest absolute Gasteiger partial charge is 0.371 e. The quantitative estimate of drug-likeness (QED) is 0.714.